The second-order valence-corrected chi connectivity index (χ2v) is 28.6. The van der Waals surface area contributed by atoms with Gasteiger partial charge in [-0.15, -0.1) is 0 Å². The molecule has 23 nitrogen and oxygen atoms in total. The van der Waals surface area contributed by atoms with Gasteiger partial charge in [0.05, 0.1) is 50.7 Å². The van der Waals surface area contributed by atoms with E-state index in [-0.39, 0.29) is 12.3 Å². The van der Waals surface area contributed by atoms with E-state index in [1.165, 1.54) is 199 Å². The standard InChI is InChI=1S/C77H140N2O21/c1-4-6-8-10-12-14-16-18-20-21-22-23-24-25-26-27-28-29-30-31-32-33-34-35-37-39-41-43-45-47-49-51-64(87)79-58(59(84)50-48-46-44-42-40-38-36-19-17-15-13-11-9-7-5-2)56-95-74-69(91)68(90)71(63(55-82)97-74)98-75-70(92)73(67(89)62(54-81)96-75)100-77(76(93)94)52-60(85)65(78-57(3)83)72(99-77)66(88)61(86)53-80/h22-23,25-26,48,50,58-63,65-75,80-82,84-86,88-92H,4-21,24,27-47,49,51-56H2,1-3H3,(H,78,83)(H,79,87)(H,93,94)/b23-22-,26-25-,50-48+. The smallest absolute Gasteiger partial charge is 0.364 e. The van der Waals surface area contributed by atoms with E-state index in [1.54, 1.807) is 6.08 Å². The minimum absolute atomic E-state index is 0.200. The number of aliphatic hydroxyl groups excluding tert-OH is 11. The van der Waals surface area contributed by atoms with Crippen LogP contribution in [0.2, 0.25) is 0 Å². The van der Waals surface area contributed by atoms with Gasteiger partial charge in [-0.25, -0.2) is 4.79 Å². The van der Waals surface area contributed by atoms with Gasteiger partial charge in [0.2, 0.25) is 11.8 Å². The molecule has 584 valence electrons. The quantitative estimate of drug-likeness (QED) is 0.0199. The molecule has 3 heterocycles. The summed E-state index contributed by atoms with van der Waals surface area (Å²) < 4.78 is 34.9. The molecule has 3 aliphatic heterocycles. The summed E-state index contributed by atoms with van der Waals surface area (Å²) in [6.07, 6.45) is 33.4. The molecule has 0 bridgehead atoms. The Kier molecular flexibility index (Phi) is 51.3. The van der Waals surface area contributed by atoms with Gasteiger partial charge in [-0.05, 0) is 51.4 Å². The minimum atomic E-state index is -3.08. The van der Waals surface area contributed by atoms with Crippen molar-refractivity contribution in [1.29, 1.82) is 0 Å². The van der Waals surface area contributed by atoms with E-state index < -0.39 is 155 Å². The van der Waals surface area contributed by atoms with E-state index in [9.17, 15) is 75.7 Å². The molecule has 18 unspecified atom stereocenters. The molecule has 0 spiro atoms. The van der Waals surface area contributed by atoms with Crippen LogP contribution in [0.25, 0.3) is 0 Å². The number of carbonyl (C=O) groups is 3. The summed E-state index contributed by atoms with van der Waals surface area (Å²) in [6, 6.07) is -2.62. The van der Waals surface area contributed by atoms with E-state index in [1.807, 2.05) is 6.08 Å². The Bertz CT molecular complexity index is 2140. The molecule has 0 aromatic carbocycles. The number of allylic oxidation sites excluding steroid dienone is 5. The maximum atomic E-state index is 13.5. The van der Waals surface area contributed by atoms with Gasteiger partial charge in [0.15, 0.2) is 12.6 Å². The molecule has 0 aromatic heterocycles. The molecule has 14 N–H and O–H groups in total. The van der Waals surface area contributed by atoms with Crippen LogP contribution in [-0.4, -0.2) is 215 Å². The third kappa shape index (κ3) is 36.8. The molecule has 0 aromatic rings. The molecule has 3 rings (SSSR count). The number of carboxylic acids is 1. The molecule has 0 saturated carbocycles. The zero-order chi connectivity index (χ0) is 73.2. The first-order valence-electron chi connectivity index (χ1n) is 39.4. The van der Waals surface area contributed by atoms with Crippen LogP contribution in [-0.2, 0) is 42.8 Å². The average molecular weight is 1430 g/mol. The number of hydrogen-bond donors (Lipinski definition) is 14. The van der Waals surface area contributed by atoms with E-state index in [2.05, 4.69) is 48.8 Å². The van der Waals surface area contributed by atoms with E-state index >= 15 is 0 Å². The molecule has 3 saturated heterocycles. The summed E-state index contributed by atoms with van der Waals surface area (Å²) in [6.45, 7) is 2.16. The minimum Gasteiger partial charge on any atom is -0.477 e. The van der Waals surface area contributed by atoms with Crippen molar-refractivity contribution in [3.8, 4) is 0 Å². The lowest BCUT2D eigenvalue weighted by molar-refractivity contribution is -0.386. The van der Waals surface area contributed by atoms with Crippen molar-refractivity contribution >= 4 is 17.8 Å². The molecule has 23 heteroatoms. The Balaban J connectivity index is 1.49. The van der Waals surface area contributed by atoms with Crippen LogP contribution in [0, 0.1) is 0 Å². The Morgan fingerprint density at radius 2 is 0.970 bits per heavy atom. The summed E-state index contributed by atoms with van der Waals surface area (Å²) >= 11 is 0. The SMILES string of the molecule is CCCCCCCCCCC/C=C\C/C=C\CCCCCCCCCCCCCCCCCC(=O)NC(COC1OC(CO)C(OC2OC(CO)C(O)C(OC3(C(=O)O)CC(O)C(NC(C)=O)C(C(O)C(O)CO)O3)C2O)C(O)C1O)C(O)/C=C/CCCCCCCCCCCCCCC. The highest BCUT2D eigenvalue weighted by atomic mass is 16.8. The zero-order valence-corrected chi connectivity index (χ0v) is 61.6. The maximum Gasteiger partial charge on any atom is 0.364 e. The zero-order valence-electron chi connectivity index (χ0n) is 61.6. The molecule has 18 atom stereocenters. The molecule has 0 aliphatic carbocycles. The number of carboxylic acid groups (broad SMARTS) is 1. The first kappa shape index (κ1) is 91.2. The van der Waals surface area contributed by atoms with E-state index in [0.717, 1.165) is 58.3 Å². The lowest BCUT2D eigenvalue weighted by Crippen LogP contribution is -2.70. The fraction of sp³-hybridized carbons (Fsp3) is 0.883. The highest BCUT2D eigenvalue weighted by Crippen LogP contribution is 2.39. The molecular weight excluding hydrogens is 1290 g/mol. The van der Waals surface area contributed by atoms with Gasteiger partial charge in [0.1, 0.15) is 67.1 Å². The first-order chi connectivity index (χ1) is 48.4. The van der Waals surface area contributed by atoms with Gasteiger partial charge in [0, 0.05) is 19.8 Å². The van der Waals surface area contributed by atoms with Crippen molar-refractivity contribution in [2.45, 2.75) is 407 Å². The van der Waals surface area contributed by atoms with Crippen molar-refractivity contribution in [2.24, 2.45) is 0 Å². The fourth-order valence-electron chi connectivity index (χ4n) is 13.6. The number of rotatable bonds is 61. The van der Waals surface area contributed by atoms with Crippen LogP contribution in [0.1, 0.15) is 297 Å². The molecule has 100 heavy (non-hydrogen) atoms. The largest absolute Gasteiger partial charge is 0.477 e. The molecular formula is C77H140N2O21. The van der Waals surface area contributed by atoms with Gasteiger partial charge in [-0.2, -0.15) is 0 Å². The number of amides is 2. The fourth-order valence-corrected chi connectivity index (χ4v) is 13.6. The third-order valence-electron chi connectivity index (χ3n) is 19.8. The van der Waals surface area contributed by atoms with Crippen molar-refractivity contribution in [2.75, 3.05) is 26.4 Å². The average Bonchev–Trinajstić information content (AvgIpc) is 0.748. The van der Waals surface area contributed by atoms with Crippen LogP contribution in [0.4, 0.5) is 0 Å². The van der Waals surface area contributed by atoms with E-state index in [0.29, 0.717) is 12.8 Å². The van der Waals surface area contributed by atoms with Gasteiger partial charge < -0.3 is 100 Å². The number of nitrogens with one attached hydrogen (secondary N) is 2. The van der Waals surface area contributed by atoms with Gasteiger partial charge in [-0.1, -0.05) is 262 Å². The number of unbranched alkanes of at least 4 members (excludes halogenated alkanes) is 37. The maximum absolute atomic E-state index is 13.5. The monoisotopic (exact) mass is 1430 g/mol. The Morgan fingerprint density at radius 1 is 0.530 bits per heavy atom. The highest BCUT2D eigenvalue weighted by Gasteiger charge is 2.60. The van der Waals surface area contributed by atoms with Crippen molar-refractivity contribution in [3.63, 3.8) is 0 Å². The molecule has 3 fully saturated rings. The van der Waals surface area contributed by atoms with Crippen LogP contribution in [0.5, 0.6) is 0 Å². The number of hydrogen-bond acceptors (Lipinski definition) is 20. The Labute approximate surface area is 599 Å². The summed E-state index contributed by atoms with van der Waals surface area (Å²) in [4.78, 5) is 38.6. The summed E-state index contributed by atoms with van der Waals surface area (Å²) in [5, 5.41) is 136. The number of carbonyl (C=O) groups excluding carboxylic acids is 2. The molecule has 2 amide bonds. The van der Waals surface area contributed by atoms with E-state index in [4.69, 9.17) is 28.4 Å². The van der Waals surface area contributed by atoms with Crippen LogP contribution in [0.3, 0.4) is 0 Å². The summed E-state index contributed by atoms with van der Waals surface area (Å²) in [7, 11) is 0. The van der Waals surface area contributed by atoms with Gasteiger partial charge in [0.25, 0.3) is 5.79 Å². The van der Waals surface area contributed by atoms with Crippen LogP contribution >= 0.6 is 0 Å². The topological polar surface area (TPSA) is 373 Å². The number of aliphatic hydroxyl groups is 11. The van der Waals surface area contributed by atoms with Crippen molar-refractivity contribution < 1.29 is 104 Å². The van der Waals surface area contributed by atoms with Crippen molar-refractivity contribution in [3.05, 3.63) is 36.5 Å². The number of aliphatic carboxylic acids is 1. The van der Waals surface area contributed by atoms with Crippen LogP contribution in [0.15, 0.2) is 36.5 Å². The van der Waals surface area contributed by atoms with Crippen LogP contribution < -0.4 is 10.6 Å². The second-order valence-electron chi connectivity index (χ2n) is 28.6. The molecule has 0 radical (unpaired) electrons. The number of ether oxygens (including phenoxy) is 6. The molecule has 3 aliphatic rings. The predicted molar refractivity (Wildman–Crippen MR) is 384 cm³/mol. The Hall–Kier alpha value is -3.05. The normalized spacial score (nSPS) is 27.1. The first-order valence-corrected chi connectivity index (χ1v) is 39.4. The summed E-state index contributed by atoms with van der Waals surface area (Å²) in [5.41, 5.74) is 0. The van der Waals surface area contributed by atoms with Gasteiger partial charge >= 0.3 is 5.97 Å². The van der Waals surface area contributed by atoms with Crippen molar-refractivity contribution in [1.82, 2.24) is 10.6 Å². The third-order valence-corrected chi connectivity index (χ3v) is 19.8. The second kappa shape index (κ2) is 56.3. The lowest BCUT2D eigenvalue weighted by Gasteiger charge is -2.50. The highest BCUT2D eigenvalue weighted by molar-refractivity contribution is 5.77. The lowest BCUT2D eigenvalue weighted by atomic mass is 9.88. The predicted octanol–water partition coefficient (Wildman–Crippen LogP) is 9.74. The Morgan fingerprint density at radius 3 is 1.41 bits per heavy atom. The van der Waals surface area contributed by atoms with Gasteiger partial charge in [-0.3, -0.25) is 9.59 Å². The summed E-state index contributed by atoms with van der Waals surface area (Å²) in [5.74, 6) is -6.14.